The van der Waals surface area contributed by atoms with Crippen LogP contribution in [0.3, 0.4) is 0 Å². The molecule has 2 aromatic rings. The van der Waals surface area contributed by atoms with Crippen molar-refractivity contribution in [3.63, 3.8) is 0 Å². The Hall–Kier alpha value is -2.92. The van der Waals surface area contributed by atoms with Crippen molar-refractivity contribution in [1.29, 1.82) is 0 Å². The maximum Gasteiger partial charge on any atom is 0.325 e. The first-order chi connectivity index (χ1) is 18.7. The minimum Gasteiger partial charge on any atom is -0.359 e. The molecule has 0 unspecified atom stereocenters. The molecule has 6 aliphatic rings. The van der Waals surface area contributed by atoms with Crippen molar-refractivity contribution >= 4 is 22.7 Å². The Morgan fingerprint density at radius 3 is 2.59 bits per heavy atom. The zero-order chi connectivity index (χ0) is 26.8. The number of nitrogens with one attached hydrogen (secondary N) is 1. The molecule has 1 N–H and O–H groups in total. The van der Waals surface area contributed by atoms with E-state index in [9.17, 15) is 9.59 Å². The lowest BCUT2D eigenvalue weighted by Crippen LogP contribution is -2.56. The summed E-state index contributed by atoms with van der Waals surface area (Å²) in [5.41, 5.74) is 2.96. The number of ether oxygens (including phenoxy) is 1. The topological polar surface area (TPSA) is 58.6 Å². The van der Waals surface area contributed by atoms with E-state index in [0.29, 0.717) is 11.8 Å². The Balaban J connectivity index is 1.13. The lowest BCUT2D eigenvalue weighted by molar-refractivity contribution is -0.145. The Morgan fingerprint density at radius 1 is 0.974 bits per heavy atom. The summed E-state index contributed by atoms with van der Waals surface area (Å²) < 4.78 is 7.42. The summed E-state index contributed by atoms with van der Waals surface area (Å²) in [6.45, 7) is 6.11. The summed E-state index contributed by atoms with van der Waals surface area (Å²) in [5.74, 6) is 0.872. The number of amides is 3. The molecule has 3 aliphatic carbocycles. The third-order valence-corrected chi connectivity index (χ3v) is 11.6. The van der Waals surface area contributed by atoms with E-state index in [4.69, 9.17) is 4.74 Å². The number of rotatable bonds is 2. The molecule has 5 heteroatoms. The van der Waals surface area contributed by atoms with Crippen molar-refractivity contribution in [2.75, 3.05) is 0 Å². The molecule has 0 radical (unpaired) electrons. The molecule has 2 bridgehead atoms. The molecule has 2 aromatic carbocycles. The average molecular weight is 523 g/mol. The molecule has 2 saturated carbocycles. The minimum atomic E-state index is -0.835. The molecule has 3 aliphatic heterocycles. The third kappa shape index (κ3) is 3.06. The van der Waals surface area contributed by atoms with Crippen LogP contribution >= 0.6 is 0 Å². The SMILES string of the molecule is CC1(C)NC(=O)N([C@@H]2CCC3=CC4=CC[C@]5(C)[C@@H](c6ccc7ccccc7c6)CC[C@H]5[C@@]45CC[C@]3(C2)O5)C1=O. The van der Waals surface area contributed by atoms with Crippen LogP contribution in [0, 0.1) is 11.3 Å². The van der Waals surface area contributed by atoms with Crippen LogP contribution < -0.4 is 5.32 Å². The van der Waals surface area contributed by atoms with Crippen LogP contribution in [0.5, 0.6) is 0 Å². The second kappa shape index (κ2) is 7.63. The van der Waals surface area contributed by atoms with Gasteiger partial charge in [0.15, 0.2) is 0 Å². The van der Waals surface area contributed by atoms with E-state index in [1.807, 2.05) is 0 Å². The fraction of sp³-hybridized carbons (Fsp3) is 0.529. The third-order valence-electron chi connectivity index (χ3n) is 11.6. The number of carbonyl (C=O) groups excluding carboxylic acids is 2. The van der Waals surface area contributed by atoms with E-state index in [-0.39, 0.29) is 34.6 Å². The van der Waals surface area contributed by atoms with E-state index in [1.54, 1.807) is 13.8 Å². The van der Waals surface area contributed by atoms with Gasteiger partial charge in [0, 0.05) is 12.5 Å². The Bertz CT molecular complexity index is 1500. The van der Waals surface area contributed by atoms with Crippen LogP contribution in [0.4, 0.5) is 4.79 Å². The normalized spacial score (nSPS) is 40.1. The van der Waals surface area contributed by atoms with Crippen molar-refractivity contribution in [3.8, 4) is 0 Å². The Kier molecular flexibility index (Phi) is 4.68. The van der Waals surface area contributed by atoms with Crippen LogP contribution in [-0.4, -0.2) is 39.6 Å². The molecule has 8 rings (SSSR count). The van der Waals surface area contributed by atoms with Gasteiger partial charge in [0.05, 0.1) is 11.2 Å². The minimum absolute atomic E-state index is 0.107. The second-order valence-corrected chi connectivity index (χ2v) is 13.9. The molecular formula is C34H38N2O3. The van der Waals surface area contributed by atoms with Gasteiger partial charge < -0.3 is 10.1 Å². The first-order valence-electron chi connectivity index (χ1n) is 14.9. The van der Waals surface area contributed by atoms with E-state index >= 15 is 0 Å². The van der Waals surface area contributed by atoms with Crippen molar-refractivity contribution in [2.45, 2.75) is 101 Å². The van der Waals surface area contributed by atoms with E-state index in [0.717, 1.165) is 38.5 Å². The molecule has 2 spiro atoms. The van der Waals surface area contributed by atoms with Crippen molar-refractivity contribution in [3.05, 3.63) is 71.3 Å². The van der Waals surface area contributed by atoms with E-state index in [1.165, 1.54) is 45.2 Å². The Morgan fingerprint density at radius 2 is 1.79 bits per heavy atom. The van der Waals surface area contributed by atoms with Crippen LogP contribution in [0.1, 0.15) is 83.6 Å². The fourth-order valence-corrected chi connectivity index (χ4v) is 9.68. The summed E-state index contributed by atoms with van der Waals surface area (Å²) >= 11 is 0. The fourth-order valence-electron chi connectivity index (χ4n) is 9.68. The zero-order valence-electron chi connectivity index (χ0n) is 23.3. The summed E-state index contributed by atoms with van der Waals surface area (Å²) in [6, 6.07) is 15.4. The maximum absolute atomic E-state index is 13.1. The molecule has 202 valence electrons. The number of nitrogens with zero attached hydrogens (tertiary/aromatic N) is 1. The molecule has 4 fully saturated rings. The summed E-state index contributed by atoms with van der Waals surface area (Å²) in [7, 11) is 0. The predicted molar refractivity (Wildman–Crippen MR) is 151 cm³/mol. The number of benzene rings is 2. The van der Waals surface area contributed by atoms with Crippen LogP contribution in [0.2, 0.25) is 0 Å². The maximum atomic E-state index is 13.1. The molecule has 5 nitrogen and oxygen atoms in total. The first-order valence-corrected chi connectivity index (χ1v) is 14.9. The van der Waals surface area contributed by atoms with E-state index in [2.05, 4.69) is 66.9 Å². The monoisotopic (exact) mass is 522 g/mol. The summed E-state index contributed by atoms with van der Waals surface area (Å²) in [5, 5.41) is 5.51. The van der Waals surface area contributed by atoms with Gasteiger partial charge in [-0.05, 0) is 104 Å². The quantitative estimate of drug-likeness (QED) is 0.442. The summed E-state index contributed by atoms with van der Waals surface area (Å²) in [6.07, 6.45) is 12.9. The molecule has 0 aromatic heterocycles. The summed E-state index contributed by atoms with van der Waals surface area (Å²) in [4.78, 5) is 27.5. The highest BCUT2D eigenvalue weighted by atomic mass is 16.5. The van der Waals surface area contributed by atoms with Gasteiger partial charge in [-0.25, -0.2) is 4.79 Å². The number of allylic oxidation sites excluding steroid dienone is 1. The largest absolute Gasteiger partial charge is 0.359 e. The van der Waals surface area contributed by atoms with Crippen LogP contribution in [0.25, 0.3) is 10.8 Å². The van der Waals surface area contributed by atoms with Crippen LogP contribution in [0.15, 0.2) is 65.8 Å². The molecule has 2 saturated heterocycles. The van der Waals surface area contributed by atoms with Crippen molar-refractivity contribution < 1.29 is 14.3 Å². The molecule has 6 atom stereocenters. The number of hydrogen-bond donors (Lipinski definition) is 1. The van der Waals surface area contributed by atoms with Gasteiger partial charge in [0.1, 0.15) is 5.54 Å². The standard InChI is InChI=1S/C34H38N2O3/c1-31(2)29(37)36(30(38)35-31)26-11-10-24-19-25-14-15-32(3)27(23-9-8-21-6-4-5-7-22(21)18-23)12-13-28(32)34(25)17-16-33(24,20-26)39-34/h4-9,14,18-19,26-28H,10-13,15-17,20H2,1-3H3,(H,35,38)/t26-,27-,28-,32-,33-,34-/m1/s1. The predicted octanol–water partition coefficient (Wildman–Crippen LogP) is 6.78. The molecule has 39 heavy (non-hydrogen) atoms. The number of imide groups is 1. The van der Waals surface area contributed by atoms with Crippen molar-refractivity contribution in [2.24, 2.45) is 11.3 Å². The van der Waals surface area contributed by atoms with Crippen LogP contribution in [-0.2, 0) is 9.53 Å². The van der Waals surface area contributed by atoms with Crippen molar-refractivity contribution in [1.82, 2.24) is 10.2 Å². The van der Waals surface area contributed by atoms with Gasteiger partial charge >= 0.3 is 6.03 Å². The number of carbonyl (C=O) groups is 2. The van der Waals surface area contributed by atoms with Gasteiger partial charge in [-0.3, -0.25) is 9.69 Å². The lowest BCUT2D eigenvalue weighted by atomic mass is 9.58. The lowest BCUT2D eigenvalue weighted by Gasteiger charge is -2.54. The smallest absolute Gasteiger partial charge is 0.325 e. The highest BCUT2D eigenvalue weighted by Crippen LogP contribution is 2.69. The molecule has 3 amide bonds. The average Bonchev–Trinajstić information content (AvgIpc) is 3.49. The zero-order valence-corrected chi connectivity index (χ0v) is 23.3. The van der Waals surface area contributed by atoms with Gasteiger partial charge in [-0.15, -0.1) is 0 Å². The number of fused-ring (bicyclic) bond motifs is 2. The highest BCUT2D eigenvalue weighted by Gasteiger charge is 2.67. The highest BCUT2D eigenvalue weighted by molar-refractivity contribution is 6.06. The van der Waals surface area contributed by atoms with Gasteiger partial charge in [0.2, 0.25) is 0 Å². The van der Waals surface area contributed by atoms with Gasteiger partial charge in [-0.2, -0.15) is 0 Å². The van der Waals surface area contributed by atoms with Gasteiger partial charge in [-0.1, -0.05) is 61.5 Å². The van der Waals surface area contributed by atoms with E-state index < -0.39 is 5.54 Å². The molecule has 3 heterocycles. The number of urea groups is 1. The second-order valence-electron chi connectivity index (χ2n) is 13.9. The number of hydrogen-bond acceptors (Lipinski definition) is 3. The molecular weight excluding hydrogens is 484 g/mol. The first kappa shape index (κ1) is 23.9. The Labute approximate surface area is 230 Å². The van der Waals surface area contributed by atoms with Gasteiger partial charge in [0.25, 0.3) is 5.91 Å².